The number of rotatable bonds is 4. The van der Waals surface area contributed by atoms with Crippen molar-refractivity contribution in [2.45, 2.75) is 13.3 Å². The van der Waals surface area contributed by atoms with Crippen molar-refractivity contribution in [3.05, 3.63) is 193 Å². The minimum Gasteiger partial charge on any atom is -0.309 e. The first-order chi connectivity index (χ1) is 27.2. The molecule has 0 spiro atoms. The van der Waals surface area contributed by atoms with Gasteiger partial charge in [-0.2, -0.15) is 0 Å². The highest BCUT2D eigenvalue weighted by Crippen LogP contribution is 2.49. The van der Waals surface area contributed by atoms with E-state index in [1.165, 1.54) is 110 Å². The van der Waals surface area contributed by atoms with Crippen molar-refractivity contribution in [1.29, 1.82) is 0 Å². The van der Waals surface area contributed by atoms with Gasteiger partial charge in [0.25, 0.3) is 0 Å². The van der Waals surface area contributed by atoms with Crippen LogP contribution in [-0.2, 0) is 0 Å². The summed E-state index contributed by atoms with van der Waals surface area (Å²) in [5.74, 6) is 0.377. The number of hydrogen-bond acceptors (Lipinski definition) is 0. The van der Waals surface area contributed by atoms with Crippen LogP contribution in [0.25, 0.3) is 99.2 Å². The number of allylic oxidation sites excluding steroid dienone is 4. The van der Waals surface area contributed by atoms with E-state index in [2.05, 4.69) is 198 Å². The second-order valence-corrected chi connectivity index (χ2v) is 15.3. The SMILES string of the molecule is CC1CC(c2ccc3c4c(cccc24)-c2ccccc2-3)=CC=C1c1cccc(-n2c3ccccc3c3cc(-n4c5ccccc5c5ccccc54)ccc32)c1. The lowest BCUT2D eigenvalue weighted by Gasteiger charge is -2.24. The van der Waals surface area contributed by atoms with Gasteiger partial charge in [-0.1, -0.05) is 140 Å². The Morgan fingerprint density at radius 2 is 0.927 bits per heavy atom. The van der Waals surface area contributed by atoms with Gasteiger partial charge in [-0.3, -0.25) is 0 Å². The second-order valence-electron chi connectivity index (χ2n) is 15.3. The fraction of sp³-hybridized carbons (Fsp3) is 0.0566. The smallest absolute Gasteiger partial charge is 0.0542 e. The molecule has 0 aliphatic heterocycles. The van der Waals surface area contributed by atoms with Gasteiger partial charge in [0.05, 0.1) is 22.1 Å². The topological polar surface area (TPSA) is 9.86 Å². The number of fused-ring (bicyclic) bond motifs is 9. The molecule has 2 aliphatic rings. The maximum absolute atomic E-state index is 2.45. The van der Waals surface area contributed by atoms with Gasteiger partial charge in [-0.25, -0.2) is 0 Å². The Bertz CT molecular complexity index is 3230. The van der Waals surface area contributed by atoms with E-state index >= 15 is 0 Å². The average molecular weight is 701 g/mol. The number of nitrogens with zero attached hydrogens (tertiary/aromatic N) is 2. The van der Waals surface area contributed by atoms with Crippen LogP contribution in [0.1, 0.15) is 24.5 Å². The quantitative estimate of drug-likeness (QED) is 0.173. The Hall–Kier alpha value is -6.90. The molecule has 0 N–H and O–H groups in total. The lowest BCUT2D eigenvalue weighted by atomic mass is 9.81. The van der Waals surface area contributed by atoms with Crippen molar-refractivity contribution < 1.29 is 0 Å². The largest absolute Gasteiger partial charge is 0.309 e. The van der Waals surface area contributed by atoms with Gasteiger partial charge in [0.15, 0.2) is 0 Å². The molecule has 55 heavy (non-hydrogen) atoms. The molecule has 2 aliphatic carbocycles. The lowest BCUT2D eigenvalue weighted by Crippen LogP contribution is -2.06. The third-order valence-electron chi connectivity index (χ3n) is 12.3. The third kappa shape index (κ3) is 4.37. The van der Waals surface area contributed by atoms with Crippen molar-refractivity contribution in [1.82, 2.24) is 9.13 Å². The van der Waals surface area contributed by atoms with Crippen LogP contribution in [0.15, 0.2) is 182 Å². The number of hydrogen-bond donors (Lipinski definition) is 0. The summed E-state index contributed by atoms with van der Waals surface area (Å²) in [5, 5.41) is 7.83. The zero-order valence-corrected chi connectivity index (χ0v) is 30.5. The predicted octanol–water partition coefficient (Wildman–Crippen LogP) is 14.2. The minimum atomic E-state index is 0.377. The van der Waals surface area contributed by atoms with E-state index in [0.29, 0.717) is 5.92 Å². The molecule has 2 heteroatoms. The molecule has 1 atom stereocenters. The number of benzene rings is 8. The van der Waals surface area contributed by atoms with Gasteiger partial charge in [0.1, 0.15) is 0 Å². The van der Waals surface area contributed by atoms with E-state index in [0.717, 1.165) is 6.42 Å². The van der Waals surface area contributed by atoms with Crippen molar-refractivity contribution in [3.8, 4) is 33.6 Å². The Morgan fingerprint density at radius 3 is 1.62 bits per heavy atom. The van der Waals surface area contributed by atoms with Crippen LogP contribution in [0.2, 0.25) is 0 Å². The second kappa shape index (κ2) is 11.5. The highest BCUT2D eigenvalue weighted by Gasteiger charge is 2.25. The summed E-state index contributed by atoms with van der Waals surface area (Å²) in [4.78, 5) is 0. The number of aromatic nitrogens is 2. The fourth-order valence-electron chi connectivity index (χ4n) is 9.93. The molecule has 2 nitrogen and oxygen atoms in total. The molecular formula is C53H36N2. The Balaban J connectivity index is 0.963. The zero-order chi connectivity index (χ0) is 36.2. The Morgan fingerprint density at radius 1 is 0.400 bits per heavy atom. The van der Waals surface area contributed by atoms with Gasteiger partial charge < -0.3 is 9.13 Å². The highest BCUT2D eigenvalue weighted by molar-refractivity contribution is 6.18. The first kappa shape index (κ1) is 30.6. The fourth-order valence-corrected chi connectivity index (χ4v) is 9.93. The molecule has 0 amide bonds. The molecule has 2 aromatic heterocycles. The van der Waals surface area contributed by atoms with E-state index in [1.807, 2.05) is 0 Å². The van der Waals surface area contributed by atoms with E-state index in [4.69, 9.17) is 0 Å². The van der Waals surface area contributed by atoms with E-state index in [-0.39, 0.29) is 0 Å². The van der Waals surface area contributed by atoms with Gasteiger partial charge in [0, 0.05) is 32.9 Å². The highest BCUT2D eigenvalue weighted by atomic mass is 15.0. The summed E-state index contributed by atoms with van der Waals surface area (Å²) < 4.78 is 4.86. The van der Waals surface area contributed by atoms with E-state index in [9.17, 15) is 0 Å². The Labute approximate surface area is 319 Å². The molecule has 258 valence electrons. The van der Waals surface area contributed by atoms with Gasteiger partial charge in [0.2, 0.25) is 0 Å². The van der Waals surface area contributed by atoms with Crippen molar-refractivity contribution in [2.75, 3.05) is 0 Å². The van der Waals surface area contributed by atoms with Gasteiger partial charge in [-0.15, -0.1) is 0 Å². The molecule has 1 unspecified atom stereocenters. The van der Waals surface area contributed by atoms with Crippen molar-refractivity contribution in [2.24, 2.45) is 5.92 Å². The molecule has 0 fully saturated rings. The van der Waals surface area contributed by atoms with Gasteiger partial charge >= 0.3 is 0 Å². The summed E-state index contributed by atoms with van der Waals surface area (Å²) in [6.45, 7) is 2.39. The predicted molar refractivity (Wildman–Crippen MR) is 233 cm³/mol. The first-order valence-electron chi connectivity index (χ1n) is 19.4. The van der Waals surface area contributed by atoms with Crippen LogP contribution in [-0.4, -0.2) is 9.13 Å². The van der Waals surface area contributed by atoms with Crippen LogP contribution in [0.4, 0.5) is 0 Å². The molecule has 0 bridgehead atoms. The molecule has 8 aromatic carbocycles. The third-order valence-corrected chi connectivity index (χ3v) is 12.3. The summed E-state index contributed by atoms with van der Waals surface area (Å²) in [6, 6.07) is 62.9. The van der Waals surface area contributed by atoms with Crippen LogP contribution < -0.4 is 0 Å². The van der Waals surface area contributed by atoms with Crippen LogP contribution >= 0.6 is 0 Å². The summed E-state index contributed by atoms with van der Waals surface area (Å²) >= 11 is 0. The van der Waals surface area contributed by atoms with Crippen LogP contribution in [0.5, 0.6) is 0 Å². The maximum Gasteiger partial charge on any atom is 0.0542 e. The van der Waals surface area contributed by atoms with Crippen molar-refractivity contribution >= 4 is 65.5 Å². The van der Waals surface area contributed by atoms with Gasteiger partial charge in [-0.05, 0) is 116 Å². The summed E-state index contributed by atoms with van der Waals surface area (Å²) in [7, 11) is 0. The molecular weight excluding hydrogens is 665 g/mol. The number of para-hydroxylation sites is 3. The van der Waals surface area contributed by atoms with E-state index in [1.54, 1.807) is 0 Å². The van der Waals surface area contributed by atoms with Crippen molar-refractivity contribution in [3.63, 3.8) is 0 Å². The molecule has 10 aromatic rings. The monoisotopic (exact) mass is 700 g/mol. The molecule has 12 rings (SSSR count). The molecule has 0 saturated carbocycles. The summed E-state index contributed by atoms with van der Waals surface area (Å²) in [5.41, 5.74) is 18.1. The zero-order valence-electron chi connectivity index (χ0n) is 30.5. The standard InChI is InChI=1S/C53H36N2/c1-33-30-35(39-27-28-47-41-15-3-2-14-40(41)46-20-11-19-45(39)53(46)47)24-26-38(33)34-12-10-13-36(31-34)54-51-23-9-6-18-44(51)48-32-37(25-29-52(48)54)55-49-21-7-4-16-42(49)43-17-5-8-22-50(43)55/h2-29,31-33H,30H2,1H3. The maximum atomic E-state index is 2.45. The summed E-state index contributed by atoms with van der Waals surface area (Å²) in [6.07, 6.45) is 5.76. The van der Waals surface area contributed by atoms with Crippen LogP contribution in [0, 0.1) is 5.92 Å². The molecule has 0 saturated heterocycles. The van der Waals surface area contributed by atoms with E-state index < -0.39 is 0 Å². The Kier molecular flexibility index (Phi) is 6.41. The first-order valence-corrected chi connectivity index (χ1v) is 19.4. The lowest BCUT2D eigenvalue weighted by molar-refractivity contribution is 0.771. The minimum absolute atomic E-state index is 0.377. The average Bonchev–Trinajstić information content (AvgIpc) is 3.87. The van der Waals surface area contributed by atoms with Crippen LogP contribution in [0.3, 0.4) is 0 Å². The molecule has 0 radical (unpaired) electrons. The normalized spacial score (nSPS) is 15.0. The molecule has 2 heterocycles.